The summed E-state index contributed by atoms with van der Waals surface area (Å²) in [4.78, 5) is 0. The molecule has 1 aliphatic rings. The van der Waals surface area contributed by atoms with Gasteiger partial charge in [0.2, 0.25) is 0 Å². The van der Waals surface area contributed by atoms with Gasteiger partial charge in [0.25, 0.3) is 0 Å². The predicted molar refractivity (Wildman–Crippen MR) is 78.1 cm³/mol. The van der Waals surface area contributed by atoms with Crippen molar-refractivity contribution in [2.24, 2.45) is 17.8 Å². The van der Waals surface area contributed by atoms with E-state index in [9.17, 15) is 0 Å². The Hall–Kier alpha value is -0.120. The molecule has 0 spiro atoms. The number of ether oxygens (including phenoxy) is 3. The molecule has 1 saturated carbocycles. The highest BCUT2D eigenvalue weighted by Gasteiger charge is 2.31. The van der Waals surface area contributed by atoms with E-state index in [4.69, 9.17) is 14.2 Å². The van der Waals surface area contributed by atoms with Gasteiger partial charge in [-0.3, -0.25) is 0 Å². The van der Waals surface area contributed by atoms with Gasteiger partial charge in [-0.1, -0.05) is 27.2 Å². The van der Waals surface area contributed by atoms with Gasteiger partial charge in [-0.05, 0) is 44.4 Å². The molecule has 3 heteroatoms. The number of hydrogen-bond acceptors (Lipinski definition) is 3. The van der Waals surface area contributed by atoms with Crippen molar-refractivity contribution in [2.75, 3.05) is 19.8 Å². The van der Waals surface area contributed by atoms with Crippen molar-refractivity contribution >= 4 is 0 Å². The first kappa shape index (κ1) is 16.9. The summed E-state index contributed by atoms with van der Waals surface area (Å²) < 4.78 is 17.2. The monoisotopic (exact) mass is 272 g/mol. The summed E-state index contributed by atoms with van der Waals surface area (Å²) in [6, 6.07) is 0. The summed E-state index contributed by atoms with van der Waals surface area (Å²) in [6.45, 7) is 12.8. The molecule has 0 aromatic rings. The van der Waals surface area contributed by atoms with Crippen LogP contribution in [-0.4, -0.2) is 32.2 Å². The van der Waals surface area contributed by atoms with Crippen molar-refractivity contribution in [1.29, 1.82) is 0 Å². The van der Waals surface area contributed by atoms with Crippen LogP contribution in [0.4, 0.5) is 0 Å². The first-order valence-corrected chi connectivity index (χ1v) is 7.93. The van der Waals surface area contributed by atoms with Crippen LogP contribution < -0.4 is 0 Å². The van der Waals surface area contributed by atoms with E-state index < -0.39 is 0 Å². The van der Waals surface area contributed by atoms with Crippen LogP contribution in [0.2, 0.25) is 0 Å². The fourth-order valence-electron chi connectivity index (χ4n) is 3.02. The van der Waals surface area contributed by atoms with Crippen molar-refractivity contribution in [3.05, 3.63) is 0 Å². The molecule has 3 atom stereocenters. The zero-order valence-corrected chi connectivity index (χ0v) is 13.4. The molecule has 0 aliphatic heterocycles. The maximum atomic E-state index is 6.14. The van der Waals surface area contributed by atoms with Crippen LogP contribution in [0.5, 0.6) is 0 Å². The standard InChI is InChI=1S/C16H32O3/c1-6-17-16(18-7-2)11-19-15-10-13(5)8-9-14(15)12(3)4/h12-16H,6-11H2,1-5H3. The summed E-state index contributed by atoms with van der Waals surface area (Å²) in [5.74, 6) is 2.15. The highest BCUT2D eigenvalue weighted by molar-refractivity contribution is 4.81. The molecule has 114 valence electrons. The highest BCUT2D eigenvalue weighted by atomic mass is 16.7. The minimum atomic E-state index is -0.208. The van der Waals surface area contributed by atoms with E-state index in [0.29, 0.717) is 37.8 Å². The van der Waals surface area contributed by atoms with Crippen LogP contribution in [0.3, 0.4) is 0 Å². The average Bonchev–Trinajstić information content (AvgIpc) is 2.36. The molecule has 19 heavy (non-hydrogen) atoms. The van der Waals surface area contributed by atoms with Gasteiger partial charge in [0.1, 0.15) is 0 Å². The lowest BCUT2D eigenvalue weighted by Gasteiger charge is -2.37. The van der Waals surface area contributed by atoms with E-state index in [1.807, 2.05) is 13.8 Å². The van der Waals surface area contributed by atoms with E-state index >= 15 is 0 Å². The molecule has 0 N–H and O–H groups in total. The molecule has 0 radical (unpaired) electrons. The van der Waals surface area contributed by atoms with E-state index in [-0.39, 0.29) is 6.29 Å². The Bertz CT molecular complexity index is 224. The van der Waals surface area contributed by atoms with Gasteiger partial charge >= 0.3 is 0 Å². The molecule has 0 amide bonds. The highest BCUT2D eigenvalue weighted by Crippen LogP contribution is 2.35. The van der Waals surface area contributed by atoms with E-state index in [2.05, 4.69) is 20.8 Å². The van der Waals surface area contributed by atoms with Crippen molar-refractivity contribution in [3.63, 3.8) is 0 Å². The van der Waals surface area contributed by atoms with E-state index in [1.165, 1.54) is 19.3 Å². The Balaban J connectivity index is 2.46. The minimum absolute atomic E-state index is 0.208. The summed E-state index contributed by atoms with van der Waals surface area (Å²) in [5, 5.41) is 0. The Morgan fingerprint density at radius 3 is 2.21 bits per heavy atom. The van der Waals surface area contributed by atoms with Gasteiger partial charge in [0.15, 0.2) is 6.29 Å². The average molecular weight is 272 g/mol. The lowest BCUT2D eigenvalue weighted by atomic mass is 9.75. The first-order valence-electron chi connectivity index (χ1n) is 7.93. The van der Waals surface area contributed by atoms with Crippen LogP contribution in [0, 0.1) is 17.8 Å². The smallest absolute Gasteiger partial charge is 0.180 e. The predicted octanol–water partition coefficient (Wildman–Crippen LogP) is 3.86. The Morgan fingerprint density at radius 2 is 1.68 bits per heavy atom. The zero-order valence-electron chi connectivity index (χ0n) is 13.4. The van der Waals surface area contributed by atoms with Gasteiger partial charge in [0.05, 0.1) is 12.7 Å². The molecule has 3 nitrogen and oxygen atoms in total. The van der Waals surface area contributed by atoms with Crippen molar-refractivity contribution in [3.8, 4) is 0 Å². The lowest BCUT2D eigenvalue weighted by molar-refractivity contribution is -0.186. The topological polar surface area (TPSA) is 27.7 Å². The molecular formula is C16H32O3. The quantitative estimate of drug-likeness (QED) is 0.628. The van der Waals surface area contributed by atoms with Gasteiger partial charge in [-0.2, -0.15) is 0 Å². The molecule has 1 aliphatic carbocycles. The van der Waals surface area contributed by atoms with Crippen LogP contribution in [0.15, 0.2) is 0 Å². The molecule has 0 bridgehead atoms. The molecule has 0 saturated heterocycles. The van der Waals surface area contributed by atoms with Crippen LogP contribution in [0.1, 0.15) is 53.9 Å². The SMILES string of the molecule is CCOC(COC1CC(C)CCC1C(C)C)OCC. The minimum Gasteiger partial charge on any atom is -0.373 e. The normalized spacial score (nSPS) is 28.3. The molecule has 3 unspecified atom stereocenters. The largest absolute Gasteiger partial charge is 0.373 e. The second kappa shape index (κ2) is 8.93. The number of rotatable bonds is 8. The Kier molecular flexibility index (Phi) is 7.96. The van der Waals surface area contributed by atoms with Crippen LogP contribution in [0.25, 0.3) is 0 Å². The fourth-order valence-corrected chi connectivity index (χ4v) is 3.02. The second-order valence-corrected chi connectivity index (χ2v) is 6.04. The fraction of sp³-hybridized carbons (Fsp3) is 1.00. The van der Waals surface area contributed by atoms with Gasteiger partial charge < -0.3 is 14.2 Å². The molecule has 1 rings (SSSR count). The van der Waals surface area contributed by atoms with Gasteiger partial charge in [0, 0.05) is 13.2 Å². The number of hydrogen-bond donors (Lipinski definition) is 0. The summed E-state index contributed by atoms with van der Waals surface area (Å²) >= 11 is 0. The van der Waals surface area contributed by atoms with Crippen LogP contribution >= 0.6 is 0 Å². The Morgan fingerprint density at radius 1 is 1.05 bits per heavy atom. The van der Waals surface area contributed by atoms with Crippen molar-refractivity contribution in [2.45, 2.75) is 66.3 Å². The molecule has 0 aromatic carbocycles. The molecule has 0 aromatic heterocycles. The van der Waals surface area contributed by atoms with Crippen molar-refractivity contribution < 1.29 is 14.2 Å². The third-order valence-corrected chi connectivity index (χ3v) is 4.11. The molecule has 1 fully saturated rings. The van der Waals surface area contributed by atoms with Gasteiger partial charge in [-0.25, -0.2) is 0 Å². The first-order chi connectivity index (χ1) is 9.08. The zero-order chi connectivity index (χ0) is 14.3. The van der Waals surface area contributed by atoms with Gasteiger partial charge in [-0.15, -0.1) is 0 Å². The van der Waals surface area contributed by atoms with E-state index in [1.54, 1.807) is 0 Å². The summed E-state index contributed by atoms with van der Waals surface area (Å²) in [7, 11) is 0. The van der Waals surface area contributed by atoms with Crippen molar-refractivity contribution in [1.82, 2.24) is 0 Å². The molecular weight excluding hydrogens is 240 g/mol. The van der Waals surface area contributed by atoms with Crippen LogP contribution in [-0.2, 0) is 14.2 Å². The maximum Gasteiger partial charge on any atom is 0.180 e. The molecule has 0 heterocycles. The third kappa shape index (κ3) is 5.80. The summed E-state index contributed by atoms with van der Waals surface area (Å²) in [6.07, 6.45) is 3.96. The maximum absolute atomic E-state index is 6.14. The third-order valence-electron chi connectivity index (χ3n) is 4.11. The second-order valence-electron chi connectivity index (χ2n) is 6.04. The summed E-state index contributed by atoms with van der Waals surface area (Å²) in [5.41, 5.74) is 0. The lowest BCUT2D eigenvalue weighted by Crippen LogP contribution is -2.37. The van der Waals surface area contributed by atoms with E-state index in [0.717, 1.165) is 5.92 Å². The Labute approximate surface area is 119 Å².